The molecule has 1 N–H and O–H groups in total. The van der Waals surface area contributed by atoms with Crippen molar-refractivity contribution in [1.29, 1.82) is 0 Å². The van der Waals surface area contributed by atoms with Crippen molar-refractivity contribution >= 4 is 11.6 Å². The van der Waals surface area contributed by atoms with Gasteiger partial charge in [-0.1, -0.05) is 23.7 Å². The topological polar surface area (TPSA) is 21.3 Å². The summed E-state index contributed by atoms with van der Waals surface area (Å²) in [4.78, 5) is 0. The fourth-order valence-electron chi connectivity index (χ4n) is 2.10. The largest absolute Gasteiger partial charge is 0.494 e. The third-order valence-electron chi connectivity index (χ3n) is 3.07. The van der Waals surface area contributed by atoms with Gasteiger partial charge in [-0.25, -0.2) is 8.78 Å². The van der Waals surface area contributed by atoms with Gasteiger partial charge in [0, 0.05) is 10.6 Å². The zero-order chi connectivity index (χ0) is 14.7. The van der Waals surface area contributed by atoms with E-state index >= 15 is 0 Å². The minimum absolute atomic E-state index is 0.153. The maximum Gasteiger partial charge on any atom is 0.165 e. The van der Waals surface area contributed by atoms with Gasteiger partial charge in [-0.15, -0.1) is 0 Å². The summed E-state index contributed by atoms with van der Waals surface area (Å²) in [5.74, 6) is -0.770. The van der Waals surface area contributed by atoms with Crippen molar-refractivity contribution in [2.45, 2.75) is 6.04 Å². The Balaban J connectivity index is 2.44. The molecule has 0 radical (unpaired) electrons. The van der Waals surface area contributed by atoms with Crippen LogP contribution in [0.15, 0.2) is 36.4 Å². The van der Waals surface area contributed by atoms with Crippen LogP contribution in [0.5, 0.6) is 5.75 Å². The van der Waals surface area contributed by atoms with Gasteiger partial charge in [-0.3, -0.25) is 0 Å². The van der Waals surface area contributed by atoms with Crippen LogP contribution in [0.4, 0.5) is 8.78 Å². The Morgan fingerprint density at radius 3 is 2.40 bits per heavy atom. The van der Waals surface area contributed by atoms with Crippen LogP contribution in [0.3, 0.4) is 0 Å². The molecule has 0 bridgehead atoms. The summed E-state index contributed by atoms with van der Waals surface area (Å²) < 4.78 is 32.6. The lowest BCUT2D eigenvalue weighted by atomic mass is 9.98. The number of nitrogens with one attached hydrogen (secondary N) is 1. The van der Waals surface area contributed by atoms with E-state index in [2.05, 4.69) is 5.32 Å². The molecular formula is C15H14ClF2NO. The Kier molecular flexibility index (Phi) is 4.57. The number of rotatable bonds is 4. The van der Waals surface area contributed by atoms with E-state index in [4.69, 9.17) is 16.3 Å². The highest BCUT2D eigenvalue weighted by Crippen LogP contribution is 2.28. The van der Waals surface area contributed by atoms with E-state index in [-0.39, 0.29) is 5.75 Å². The van der Waals surface area contributed by atoms with Gasteiger partial charge < -0.3 is 10.1 Å². The van der Waals surface area contributed by atoms with Crippen molar-refractivity contribution in [2.75, 3.05) is 14.2 Å². The molecule has 0 heterocycles. The molecule has 2 rings (SSSR count). The van der Waals surface area contributed by atoms with E-state index in [1.807, 2.05) is 0 Å². The van der Waals surface area contributed by atoms with Crippen molar-refractivity contribution in [2.24, 2.45) is 0 Å². The molecule has 1 unspecified atom stereocenters. The average Bonchev–Trinajstić information content (AvgIpc) is 2.42. The summed E-state index contributed by atoms with van der Waals surface area (Å²) in [5, 5.41) is 3.29. The van der Waals surface area contributed by atoms with Gasteiger partial charge >= 0.3 is 0 Å². The standard InChI is InChI=1S/C15H14ClF2NO/c1-19-15(11-5-4-10(16)8-12(11)17)9-3-6-14(20-2)13(18)7-9/h3-8,15,19H,1-2H3. The number of halogens is 3. The van der Waals surface area contributed by atoms with Crippen LogP contribution >= 0.6 is 11.6 Å². The molecule has 106 valence electrons. The summed E-state index contributed by atoms with van der Waals surface area (Å²) in [6, 6.07) is 8.49. The van der Waals surface area contributed by atoms with Crippen LogP contribution in [0.25, 0.3) is 0 Å². The molecule has 2 aromatic rings. The first-order valence-corrected chi connectivity index (χ1v) is 6.40. The fraction of sp³-hybridized carbons (Fsp3) is 0.200. The van der Waals surface area contributed by atoms with Crippen LogP contribution < -0.4 is 10.1 Å². The van der Waals surface area contributed by atoms with Crippen molar-refractivity contribution in [3.05, 3.63) is 64.2 Å². The minimum atomic E-state index is -0.486. The van der Waals surface area contributed by atoms with Gasteiger partial charge in [0.05, 0.1) is 13.2 Å². The third-order valence-corrected chi connectivity index (χ3v) is 3.31. The molecule has 0 aliphatic rings. The molecular weight excluding hydrogens is 284 g/mol. The Hall–Kier alpha value is -1.65. The second kappa shape index (κ2) is 6.20. The van der Waals surface area contributed by atoms with Gasteiger partial charge in [0.1, 0.15) is 5.82 Å². The first kappa shape index (κ1) is 14.8. The van der Waals surface area contributed by atoms with Gasteiger partial charge in [-0.2, -0.15) is 0 Å². The highest BCUT2D eigenvalue weighted by atomic mass is 35.5. The zero-order valence-corrected chi connectivity index (χ0v) is 11.8. The van der Waals surface area contributed by atoms with Crippen molar-refractivity contribution in [3.63, 3.8) is 0 Å². The Morgan fingerprint density at radius 1 is 1.10 bits per heavy atom. The SMILES string of the molecule is CNC(c1ccc(OC)c(F)c1)c1ccc(Cl)cc1F. The molecule has 0 aliphatic heterocycles. The third kappa shape index (κ3) is 2.92. The van der Waals surface area contributed by atoms with E-state index in [1.165, 1.54) is 25.3 Å². The number of ether oxygens (including phenoxy) is 1. The lowest BCUT2D eigenvalue weighted by molar-refractivity contribution is 0.386. The van der Waals surface area contributed by atoms with Crippen LogP contribution in [0.2, 0.25) is 5.02 Å². The summed E-state index contributed by atoms with van der Waals surface area (Å²) in [7, 11) is 3.08. The summed E-state index contributed by atoms with van der Waals surface area (Å²) in [6.45, 7) is 0. The maximum absolute atomic E-state index is 14.0. The van der Waals surface area contributed by atoms with Crippen LogP contribution in [-0.2, 0) is 0 Å². The molecule has 0 saturated heterocycles. The van der Waals surface area contributed by atoms with E-state index in [9.17, 15) is 8.78 Å². The molecule has 0 spiro atoms. The normalized spacial score (nSPS) is 12.2. The number of benzene rings is 2. The highest BCUT2D eigenvalue weighted by Gasteiger charge is 2.18. The van der Waals surface area contributed by atoms with Crippen LogP contribution in [0, 0.1) is 11.6 Å². The number of hydrogen-bond donors (Lipinski definition) is 1. The fourth-order valence-corrected chi connectivity index (χ4v) is 2.26. The lowest BCUT2D eigenvalue weighted by Crippen LogP contribution is -2.19. The Labute approximate surface area is 121 Å². The van der Waals surface area contributed by atoms with Gasteiger partial charge in [0.2, 0.25) is 0 Å². The molecule has 0 amide bonds. The lowest BCUT2D eigenvalue weighted by Gasteiger charge is -2.18. The summed E-state index contributed by atoms with van der Waals surface area (Å²) in [6.07, 6.45) is 0. The molecule has 0 saturated carbocycles. The number of hydrogen-bond acceptors (Lipinski definition) is 2. The first-order valence-electron chi connectivity index (χ1n) is 6.02. The molecule has 20 heavy (non-hydrogen) atoms. The molecule has 2 nitrogen and oxygen atoms in total. The Morgan fingerprint density at radius 2 is 1.85 bits per heavy atom. The smallest absolute Gasteiger partial charge is 0.165 e. The zero-order valence-electron chi connectivity index (χ0n) is 11.1. The molecule has 2 aromatic carbocycles. The molecule has 0 aliphatic carbocycles. The summed E-state index contributed by atoms with van der Waals surface area (Å²) in [5.41, 5.74) is 1.01. The van der Waals surface area contributed by atoms with Crippen molar-refractivity contribution in [1.82, 2.24) is 5.32 Å². The van der Waals surface area contributed by atoms with Gasteiger partial charge in [-0.05, 0) is 36.9 Å². The van der Waals surface area contributed by atoms with E-state index in [1.54, 1.807) is 25.2 Å². The molecule has 0 aromatic heterocycles. The van der Waals surface area contributed by atoms with Gasteiger partial charge in [0.15, 0.2) is 11.6 Å². The predicted molar refractivity (Wildman–Crippen MR) is 75.3 cm³/mol. The minimum Gasteiger partial charge on any atom is -0.494 e. The van der Waals surface area contributed by atoms with Crippen molar-refractivity contribution in [3.8, 4) is 5.75 Å². The highest BCUT2D eigenvalue weighted by molar-refractivity contribution is 6.30. The van der Waals surface area contributed by atoms with Crippen LogP contribution in [0.1, 0.15) is 17.2 Å². The molecule has 0 fully saturated rings. The van der Waals surface area contributed by atoms with E-state index in [0.29, 0.717) is 16.1 Å². The second-order valence-corrected chi connectivity index (χ2v) is 4.72. The Bertz CT molecular complexity index is 619. The average molecular weight is 298 g/mol. The van der Waals surface area contributed by atoms with E-state index in [0.717, 1.165) is 0 Å². The van der Waals surface area contributed by atoms with Crippen molar-refractivity contribution < 1.29 is 13.5 Å². The monoisotopic (exact) mass is 297 g/mol. The van der Waals surface area contributed by atoms with Crippen LogP contribution in [-0.4, -0.2) is 14.2 Å². The quantitative estimate of drug-likeness (QED) is 0.923. The first-order chi connectivity index (χ1) is 9.56. The predicted octanol–water partition coefficient (Wildman–Crippen LogP) is 3.94. The van der Waals surface area contributed by atoms with E-state index < -0.39 is 17.7 Å². The maximum atomic E-state index is 14.0. The summed E-state index contributed by atoms with van der Waals surface area (Å²) >= 11 is 5.74. The number of methoxy groups -OCH3 is 1. The molecule has 1 atom stereocenters. The second-order valence-electron chi connectivity index (χ2n) is 4.28. The molecule has 5 heteroatoms. The van der Waals surface area contributed by atoms with Gasteiger partial charge in [0.25, 0.3) is 0 Å².